The molecule has 0 saturated carbocycles. The first-order valence-corrected chi connectivity index (χ1v) is 3.47. The molecule has 0 unspecified atom stereocenters. The maximum absolute atomic E-state index is 10.9. The van der Waals surface area contributed by atoms with E-state index in [4.69, 9.17) is 10.5 Å². The highest BCUT2D eigenvalue weighted by Crippen LogP contribution is 1.95. The van der Waals surface area contributed by atoms with Crippen LogP contribution in [0.4, 0.5) is 0 Å². The Labute approximate surface area is 81.1 Å². The zero-order valence-electron chi connectivity index (χ0n) is 7.28. The first-order valence-electron chi connectivity index (χ1n) is 3.47. The number of ketones is 2. The van der Waals surface area contributed by atoms with Gasteiger partial charge >= 0.3 is 0 Å². The van der Waals surface area contributed by atoms with Crippen LogP contribution in [-0.4, -0.2) is 11.6 Å². The molecule has 0 aliphatic carbocycles. The van der Waals surface area contributed by atoms with Crippen LogP contribution < -0.4 is 0 Å². The molecule has 0 bridgehead atoms. The monoisotopic (exact) mass is 186 g/mol. The smallest absolute Gasteiger partial charge is 0.195 e. The lowest BCUT2D eigenvalue weighted by atomic mass is 10.1. The van der Waals surface area contributed by atoms with Gasteiger partial charge < -0.3 is 0 Å². The molecular formula is C10H6N2O2. The highest BCUT2D eigenvalue weighted by molar-refractivity contribution is 6.13. The summed E-state index contributed by atoms with van der Waals surface area (Å²) < 4.78 is 0. The Balaban J connectivity index is 4.51. The lowest BCUT2D eigenvalue weighted by molar-refractivity contribution is -0.113. The number of carbonyl (C=O) groups excluding carboxylic acids is 2. The van der Waals surface area contributed by atoms with Gasteiger partial charge in [0.25, 0.3) is 0 Å². The number of allylic oxidation sites excluding steroid dienone is 4. The van der Waals surface area contributed by atoms with Crippen molar-refractivity contribution in [2.75, 3.05) is 0 Å². The molecule has 0 radical (unpaired) electrons. The summed E-state index contributed by atoms with van der Waals surface area (Å²) in [6.07, 6.45) is 1.77. The van der Waals surface area contributed by atoms with E-state index in [1.165, 1.54) is 12.1 Å². The molecule has 0 fully saturated rings. The van der Waals surface area contributed by atoms with E-state index >= 15 is 0 Å². The third kappa shape index (κ3) is 3.29. The van der Waals surface area contributed by atoms with E-state index in [0.717, 1.165) is 12.2 Å². The largest absolute Gasteiger partial charge is 0.289 e. The summed E-state index contributed by atoms with van der Waals surface area (Å²) >= 11 is 0. The molecule has 4 nitrogen and oxygen atoms in total. The summed E-state index contributed by atoms with van der Waals surface area (Å²) in [6, 6.07) is 3.08. The van der Waals surface area contributed by atoms with Crippen LogP contribution >= 0.6 is 0 Å². The Hall–Kier alpha value is -2.46. The molecule has 0 N–H and O–H groups in total. The fraction of sp³-hybridized carbons (Fsp3) is 0. The van der Waals surface area contributed by atoms with E-state index in [0.29, 0.717) is 0 Å². The number of nitrogens with zero attached hydrogens (tertiary/aromatic N) is 2. The quantitative estimate of drug-likeness (QED) is 0.481. The Morgan fingerprint density at radius 3 is 1.43 bits per heavy atom. The summed E-state index contributed by atoms with van der Waals surface area (Å²) in [4.78, 5) is 21.8. The van der Waals surface area contributed by atoms with E-state index in [9.17, 15) is 9.59 Å². The van der Waals surface area contributed by atoms with Gasteiger partial charge in [-0.05, 0) is 12.2 Å². The predicted molar refractivity (Wildman–Crippen MR) is 48.7 cm³/mol. The van der Waals surface area contributed by atoms with Crippen molar-refractivity contribution in [1.82, 2.24) is 0 Å². The molecule has 4 heteroatoms. The van der Waals surface area contributed by atoms with Crippen LogP contribution in [0.2, 0.25) is 0 Å². The highest BCUT2D eigenvalue weighted by atomic mass is 16.1. The van der Waals surface area contributed by atoms with Gasteiger partial charge in [0, 0.05) is 0 Å². The Morgan fingerprint density at radius 2 is 1.21 bits per heavy atom. The average molecular weight is 186 g/mol. The molecule has 0 saturated heterocycles. The molecule has 0 aromatic heterocycles. The standard InChI is InChI=1S/C10H6N2O2/c1-7(5-11)9(13)3-4-10(14)8(2)6-12/h3-4H,1-2H2/b4-3+. The average Bonchev–Trinajstić information content (AvgIpc) is 2.22. The second-order valence-electron chi connectivity index (χ2n) is 2.24. The van der Waals surface area contributed by atoms with Crippen molar-refractivity contribution < 1.29 is 9.59 Å². The molecule has 0 aliphatic rings. The van der Waals surface area contributed by atoms with Gasteiger partial charge in [-0.25, -0.2) is 0 Å². The topological polar surface area (TPSA) is 81.7 Å². The van der Waals surface area contributed by atoms with Gasteiger partial charge in [-0.2, -0.15) is 10.5 Å². The molecule has 0 heterocycles. The zero-order chi connectivity index (χ0) is 11.1. The van der Waals surface area contributed by atoms with Crippen LogP contribution in [0.15, 0.2) is 36.5 Å². The molecule has 0 spiro atoms. The van der Waals surface area contributed by atoms with Crippen molar-refractivity contribution in [3.05, 3.63) is 36.5 Å². The third-order valence-electron chi connectivity index (χ3n) is 1.25. The fourth-order valence-electron chi connectivity index (χ4n) is 0.463. The molecule has 0 amide bonds. The molecule has 0 aromatic carbocycles. The molecule has 0 aromatic rings. The summed E-state index contributed by atoms with van der Waals surface area (Å²) in [6.45, 7) is 6.31. The minimum absolute atomic E-state index is 0.267. The Morgan fingerprint density at radius 1 is 0.929 bits per heavy atom. The van der Waals surface area contributed by atoms with Crippen LogP contribution in [-0.2, 0) is 9.59 Å². The van der Waals surface area contributed by atoms with E-state index in [2.05, 4.69) is 13.2 Å². The first kappa shape index (κ1) is 11.5. The lowest BCUT2D eigenvalue weighted by Crippen LogP contribution is -1.98. The van der Waals surface area contributed by atoms with E-state index < -0.39 is 11.6 Å². The van der Waals surface area contributed by atoms with Gasteiger partial charge in [-0.1, -0.05) is 13.2 Å². The van der Waals surface area contributed by atoms with E-state index in [-0.39, 0.29) is 11.1 Å². The van der Waals surface area contributed by atoms with Crippen LogP contribution in [0.1, 0.15) is 0 Å². The van der Waals surface area contributed by atoms with Crippen molar-refractivity contribution in [1.29, 1.82) is 10.5 Å². The van der Waals surface area contributed by atoms with Gasteiger partial charge in [0.15, 0.2) is 11.6 Å². The van der Waals surface area contributed by atoms with Crippen LogP contribution in [0.25, 0.3) is 0 Å². The molecule has 14 heavy (non-hydrogen) atoms. The normalized spacial score (nSPS) is 8.71. The van der Waals surface area contributed by atoms with Crippen molar-refractivity contribution in [2.24, 2.45) is 0 Å². The van der Waals surface area contributed by atoms with Gasteiger partial charge in [0.1, 0.15) is 12.1 Å². The molecule has 0 aliphatic heterocycles. The molecular weight excluding hydrogens is 180 g/mol. The Bertz CT molecular complexity index is 376. The molecule has 0 rings (SSSR count). The molecule has 0 atom stereocenters. The van der Waals surface area contributed by atoms with Gasteiger partial charge in [-0.3, -0.25) is 9.59 Å². The van der Waals surface area contributed by atoms with Crippen molar-refractivity contribution >= 4 is 11.6 Å². The predicted octanol–water partition coefficient (Wildman–Crippen LogP) is 0.840. The highest BCUT2D eigenvalue weighted by Gasteiger charge is 2.04. The van der Waals surface area contributed by atoms with E-state index in [1.807, 2.05) is 0 Å². The second kappa shape index (κ2) is 5.23. The van der Waals surface area contributed by atoms with Crippen molar-refractivity contribution in [2.45, 2.75) is 0 Å². The number of hydrogen-bond acceptors (Lipinski definition) is 4. The van der Waals surface area contributed by atoms with Gasteiger partial charge in [0.2, 0.25) is 0 Å². The van der Waals surface area contributed by atoms with E-state index in [1.54, 1.807) is 0 Å². The minimum atomic E-state index is -0.661. The SMILES string of the molecule is C=C(C#N)C(=O)/C=C/C(=O)C(=C)C#N. The number of hydrogen-bond donors (Lipinski definition) is 0. The van der Waals surface area contributed by atoms with Gasteiger partial charge in [0.05, 0.1) is 11.1 Å². The lowest BCUT2D eigenvalue weighted by Gasteiger charge is -1.87. The summed E-state index contributed by atoms with van der Waals surface area (Å²) in [7, 11) is 0. The number of nitriles is 2. The minimum Gasteiger partial charge on any atom is -0.289 e. The maximum atomic E-state index is 10.9. The van der Waals surface area contributed by atoms with Crippen LogP contribution in [0.3, 0.4) is 0 Å². The Kier molecular flexibility index (Phi) is 4.31. The summed E-state index contributed by atoms with van der Waals surface area (Å²) in [5.41, 5.74) is -0.534. The van der Waals surface area contributed by atoms with Gasteiger partial charge in [-0.15, -0.1) is 0 Å². The maximum Gasteiger partial charge on any atom is 0.195 e. The van der Waals surface area contributed by atoms with Crippen LogP contribution in [0, 0.1) is 22.7 Å². The second-order valence-corrected chi connectivity index (χ2v) is 2.24. The van der Waals surface area contributed by atoms with Crippen LogP contribution in [0.5, 0.6) is 0 Å². The number of rotatable bonds is 4. The third-order valence-corrected chi connectivity index (χ3v) is 1.25. The number of carbonyl (C=O) groups is 2. The first-order chi connectivity index (χ1) is 6.52. The van der Waals surface area contributed by atoms with Crippen molar-refractivity contribution in [3.8, 4) is 12.1 Å². The zero-order valence-corrected chi connectivity index (χ0v) is 7.28. The molecule has 68 valence electrons. The summed E-state index contributed by atoms with van der Waals surface area (Å²) in [5, 5.41) is 16.5. The fourth-order valence-corrected chi connectivity index (χ4v) is 0.463. The summed E-state index contributed by atoms with van der Waals surface area (Å²) in [5.74, 6) is -1.32. The van der Waals surface area contributed by atoms with Crippen molar-refractivity contribution in [3.63, 3.8) is 0 Å².